The summed E-state index contributed by atoms with van der Waals surface area (Å²) in [6, 6.07) is 5.22. The third-order valence-electron chi connectivity index (χ3n) is 3.39. The van der Waals surface area contributed by atoms with Gasteiger partial charge in [-0.25, -0.2) is 0 Å². The van der Waals surface area contributed by atoms with Crippen molar-refractivity contribution < 1.29 is 9.66 Å². The predicted molar refractivity (Wildman–Crippen MR) is 75.8 cm³/mol. The Morgan fingerprint density at radius 1 is 1.47 bits per heavy atom. The Hall–Kier alpha value is -0.980. The van der Waals surface area contributed by atoms with E-state index in [1.54, 1.807) is 12.1 Å². The molecular weight excluding hydrogens is 312 g/mol. The molecule has 0 amide bonds. The predicted octanol–water partition coefficient (Wildman–Crippen LogP) is 3.14. The van der Waals surface area contributed by atoms with Crippen LogP contribution in [0.1, 0.15) is 31.2 Å². The van der Waals surface area contributed by atoms with Gasteiger partial charge in [-0.05, 0) is 37.8 Å². The van der Waals surface area contributed by atoms with Crippen LogP contribution < -0.4 is 5.73 Å². The Kier molecular flexibility index (Phi) is 4.90. The van der Waals surface area contributed by atoms with E-state index >= 15 is 0 Å². The Morgan fingerprint density at radius 3 is 2.95 bits per heavy atom. The molecule has 1 aromatic carbocycles. The van der Waals surface area contributed by atoms with Gasteiger partial charge in [-0.2, -0.15) is 0 Å². The first-order chi connectivity index (χ1) is 9.06. The molecule has 2 unspecified atom stereocenters. The summed E-state index contributed by atoms with van der Waals surface area (Å²) in [5, 5.41) is 11.0. The third kappa shape index (κ3) is 3.99. The lowest BCUT2D eigenvalue weighted by molar-refractivity contribution is -0.386. The molecule has 1 aliphatic carbocycles. The van der Waals surface area contributed by atoms with Gasteiger partial charge >= 0.3 is 0 Å². The fourth-order valence-electron chi connectivity index (χ4n) is 2.37. The molecule has 0 radical (unpaired) electrons. The zero-order chi connectivity index (χ0) is 13.8. The molecule has 0 aromatic heterocycles. The molecule has 2 rings (SSSR count). The SMILES string of the molecule is NC1CCCC(OCc2ccc(Br)cc2[N+](=O)[O-])C1. The normalized spacial score (nSPS) is 23.3. The van der Waals surface area contributed by atoms with Crippen molar-refractivity contribution in [2.24, 2.45) is 5.73 Å². The van der Waals surface area contributed by atoms with Crippen LogP contribution in [0.15, 0.2) is 22.7 Å². The zero-order valence-electron chi connectivity index (χ0n) is 10.5. The minimum Gasteiger partial charge on any atom is -0.373 e. The molecule has 0 saturated heterocycles. The molecule has 6 heteroatoms. The highest BCUT2D eigenvalue weighted by Crippen LogP contribution is 2.26. The molecule has 2 N–H and O–H groups in total. The first kappa shape index (κ1) is 14.4. The van der Waals surface area contributed by atoms with Crippen molar-refractivity contribution in [3.8, 4) is 0 Å². The fourth-order valence-corrected chi connectivity index (χ4v) is 2.72. The highest BCUT2D eigenvalue weighted by Gasteiger charge is 2.21. The summed E-state index contributed by atoms with van der Waals surface area (Å²) in [7, 11) is 0. The van der Waals surface area contributed by atoms with Gasteiger partial charge in [0.05, 0.1) is 23.2 Å². The molecule has 1 fully saturated rings. The number of rotatable bonds is 4. The molecule has 1 saturated carbocycles. The van der Waals surface area contributed by atoms with Crippen LogP contribution in [-0.2, 0) is 11.3 Å². The summed E-state index contributed by atoms with van der Waals surface area (Å²) in [4.78, 5) is 10.6. The van der Waals surface area contributed by atoms with Crippen LogP contribution in [0.2, 0.25) is 0 Å². The monoisotopic (exact) mass is 328 g/mol. The quantitative estimate of drug-likeness (QED) is 0.680. The van der Waals surface area contributed by atoms with Crippen molar-refractivity contribution >= 4 is 21.6 Å². The van der Waals surface area contributed by atoms with Crippen molar-refractivity contribution in [1.29, 1.82) is 0 Å². The van der Waals surface area contributed by atoms with Gasteiger partial charge in [-0.15, -0.1) is 0 Å². The lowest BCUT2D eigenvalue weighted by Gasteiger charge is -2.26. The van der Waals surface area contributed by atoms with E-state index in [9.17, 15) is 10.1 Å². The summed E-state index contributed by atoms with van der Waals surface area (Å²) in [6.07, 6.45) is 4.04. The van der Waals surface area contributed by atoms with E-state index in [0.717, 1.165) is 25.7 Å². The number of hydrogen-bond acceptors (Lipinski definition) is 4. The molecule has 0 heterocycles. The second kappa shape index (κ2) is 6.45. The van der Waals surface area contributed by atoms with Gasteiger partial charge < -0.3 is 10.5 Å². The molecule has 1 aliphatic rings. The number of nitro groups is 1. The summed E-state index contributed by atoms with van der Waals surface area (Å²) in [5.41, 5.74) is 6.59. The van der Waals surface area contributed by atoms with E-state index in [4.69, 9.17) is 10.5 Å². The van der Waals surface area contributed by atoms with E-state index in [0.29, 0.717) is 10.0 Å². The average molecular weight is 329 g/mol. The molecule has 2 atom stereocenters. The van der Waals surface area contributed by atoms with Crippen molar-refractivity contribution in [3.63, 3.8) is 0 Å². The summed E-state index contributed by atoms with van der Waals surface area (Å²) in [5.74, 6) is 0. The number of nitrogens with two attached hydrogens (primary N) is 1. The van der Waals surface area contributed by atoms with Gasteiger partial charge in [0.25, 0.3) is 5.69 Å². The van der Waals surface area contributed by atoms with E-state index in [2.05, 4.69) is 15.9 Å². The Labute approximate surface area is 120 Å². The summed E-state index contributed by atoms with van der Waals surface area (Å²) < 4.78 is 6.47. The van der Waals surface area contributed by atoms with Gasteiger partial charge in [0.1, 0.15) is 0 Å². The number of ether oxygens (including phenoxy) is 1. The van der Waals surface area contributed by atoms with Crippen LogP contribution in [0.4, 0.5) is 5.69 Å². The van der Waals surface area contributed by atoms with Crippen LogP contribution >= 0.6 is 15.9 Å². The average Bonchev–Trinajstić information content (AvgIpc) is 2.37. The van der Waals surface area contributed by atoms with Crippen LogP contribution in [0.5, 0.6) is 0 Å². The number of hydrogen-bond donors (Lipinski definition) is 1. The molecular formula is C13H17BrN2O3. The second-order valence-corrected chi connectivity index (χ2v) is 5.81. The van der Waals surface area contributed by atoms with Crippen LogP contribution in [0.3, 0.4) is 0 Å². The van der Waals surface area contributed by atoms with Gasteiger partial charge in [-0.3, -0.25) is 10.1 Å². The van der Waals surface area contributed by atoms with Crippen molar-refractivity contribution in [2.45, 2.75) is 44.4 Å². The largest absolute Gasteiger partial charge is 0.373 e. The van der Waals surface area contributed by atoms with Gasteiger partial charge in [0.2, 0.25) is 0 Å². The molecule has 0 bridgehead atoms. The fraction of sp³-hybridized carbons (Fsp3) is 0.538. The lowest BCUT2D eigenvalue weighted by Crippen LogP contribution is -2.32. The third-order valence-corrected chi connectivity index (χ3v) is 3.88. The first-order valence-corrected chi connectivity index (χ1v) is 7.15. The van der Waals surface area contributed by atoms with E-state index < -0.39 is 0 Å². The van der Waals surface area contributed by atoms with E-state index in [-0.39, 0.29) is 29.4 Å². The van der Waals surface area contributed by atoms with Crippen molar-refractivity contribution in [1.82, 2.24) is 0 Å². The maximum absolute atomic E-state index is 11.0. The highest BCUT2D eigenvalue weighted by molar-refractivity contribution is 9.10. The Balaban J connectivity index is 2.01. The number of nitrogens with zero attached hydrogens (tertiary/aromatic N) is 1. The topological polar surface area (TPSA) is 78.4 Å². The number of nitro benzene ring substituents is 1. The maximum atomic E-state index is 11.0. The Bertz CT molecular complexity index is 467. The molecule has 5 nitrogen and oxygen atoms in total. The van der Waals surface area contributed by atoms with Crippen LogP contribution in [0.25, 0.3) is 0 Å². The molecule has 104 valence electrons. The maximum Gasteiger partial charge on any atom is 0.276 e. The summed E-state index contributed by atoms with van der Waals surface area (Å²) >= 11 is 3.24. The minimum absolute atomic E-state index is 0.0921. The highest BCUT2D eigenvalue weighted by atomic mass is 79.9. The first-order valence-electron chi connectivity index (χ1n) is 6.36. The van der Waals surface area contributed by atoms with Gasteiger partial charge in [0.15, 0.2) is 0 Å². The van der Waals surface area contributed by atoms with E-state index in [1.807, 2.05) is 0 Å². The standard InChI is InChI=1S/C13H17BrN2O3/c14-10-5-4-9(13(6-10)16(17)18)8-19-12-3-1-2-11(15)7-12/h4-6,11-12H,1-3,7-8,15H2. The van der Waals surface area contributed by atoms with Crippen LogP contribution in [-0.4, -0.2) is 17.1 Å². The van der Waals surface area contributed by atoms with Crippen molar-refractivity contribution in [2.75, 3.05) is 0 Å². The Morgan fingerprint density at radius 2 is 2.26 bits per heavy atom. The molecule has 1 aromatic rings. The van der Waals surface area contributed by atoms with E-state index in [1.165, 1.54) is 6.07 Å². The zero-order valence-corrected chi connectivity index (χ0v) is 12.1. The van der Waals surface area contributed by atoms with Gasteiger partial charge in [0, 0.05) is 16.6 Å². The second-order valence-electron chi connectivity index (χ2n) is 4.89. The minimum atomic E-state index is -0.379. The molecule has 0 aliphatic heterocycles. The number of halogens is 1. The lowest BCUT2D eigenvalue weighted by atomic mass is 9.93. The summed E-state index contributed by atoms with van der Waals surface area (Å²) in [6.45, 7) is 0.265. The smallest absolute Gasteiger partial charge is 0.276 e. The molecule has 19 heavy (non-hydrogen) atoms. The van der Waals surface area contributed by atoms with Crippen LogP contribution in [0, 0.1) is 10.1 Å². The van der Waals surface area contributed by atoms with Gasteiger partial charge in [-0.1, -0.05) is 15.9 Å². The number of benzene rings is 1. The molecule has 0 spiro atoms. The van der Waals surface area contributed by atoms with Crippen molar-refractivity contribution in [3.05, 3.63) is 38.3 Å².